The number of nitrogens with zero attached hydrogens (tertiary/aromatic N) is 1. The Morgan fingerprint density at radius 3 is 2.25 bits per heavy atom. The van der Waals surface area contributed by atoms with Crippen molar-refractivity contribution in [2.45, 2.75) is 0 Å². The molecule has 6 heteroatoms. The molecule has 0 saturated carbocycles. The average molecular weight is 439 g/mol. The fourth-order valence-electron chi connectivity index (χ4n) is 4.03. The Labute approximate surface area is 189 Å². The summed E-state index contributed by atoms with van der Waals surface area (Å²) in [7, 11) is 1.56. The standard InChI is InChI=1S/C26H18N2O3S/c1-31-23-14-13-17-8-2-4-10-18(17)20(23)15-21-24(29)27-26(32)28(25(21)30)22-12-6-9-16-7-3-5-11-19(16)22/h2-15H,1H3,(H,27,29,32)/b21-15+. The predicted molar refractivity (Wildman–Crippen MR) is 131 cm³/mol. The molecule has 1 fully saturated rings. The van der Waals surface area contributed by atoms with Crippen LogP contribution < -0.4 is 15.0 Å². The minimum absolute atomic E-state index is 0.0128. The van der Waals surface area contributed by atoms with E-state index >= 15 is 0 Å². The first-order valence-corrected chi connectivity index (χ1v) is 10.4. The van der Waals surface area contributed by atoms with Gasteiger partial charge < -0.3 is 4.74 Å². The number of hydrogen-bond donors (Lipinski definition) is 1. The van der Waals surface area contributed by atoms with Gasteiger partial charge in [0.15, 0.2) is 5.11 Å². The van der Waals surface area contributed by atoms with Crippen molar-refractivity contribution < 1.29 is 14.3 Å². The molecule has 32 heavy (non-hydrogen) atoms. The van der Waals surface area contributed by atoms with Crippen molar-refractivity contribution in [3.63, 3.8) is 0 Å². The van der Waals surface area contributed by atoms with Crippen LogP contribution in [0.4, 0.5) is 5.69 Å². The minimum atomic E-state index is -0.536. The number of nitrogens with one attached hydrogen (secondary N) is 1. The Morgan fingerprint density at radius 1 is 0.844 bits per heavy atom. The van der Waals surface area contributed by atoms with Gasteiger partial charge in [0.05, 0.1) is 12.8 Å². The maximum Gasteiger partial charge on any atom is 0.270 e. The van der Waals surface area contributed by atoms with Crippen LogP contribution in [-0.2, 0) is 9.59 Å². The van der Waals surface area contributed by atoms with E-state index in [1.165, 1.54) is 4.90 Å². The van der Waals surface area contributed by atoms with Crippen LogP contribution in [0.5, 0.6) is 5.75 Å². The Balaban J connectivity index is 1.69. The van der Waals surface area contributed by atoms with Crippen molar-refractivity contribution in [3.8, 4) is 5.75 Å². The second-order valence-electron chi connectivity index (χ2n) is 7.36. The number of methoxy groups -OCH3 is 1. The van der Waals surface area contributed by atoms with E-state index in [2.05, 4.69) is 5.32 Å². The third-order valence-electron chi connectivity index (χ3n) is 5.55. The smallest absolute Gasteiger partial charge is 0.270 e. The van der Waals surface area contributed by atoms with Gasteiger partial charge in [-0.1, -0.05) is 66.7 Å². The van der Waals surface area contributed by atoms with E-state index in [1.54, 1.807) is 13.2 Å². The maximum absolute atomic E-state index is 13.6. The summed E-state index contributed by atoms with van der Waals surface area (Å²) < 4.78 is 5.53. The van der Waals surface area contributed by atoms with E-state index in [0.29, 0.717) is 17.0 Å². The van der Waals surface area contributed by atoms with E-state index in [0.717, 1.165) is 21.5 Å². The highest BCUT2D eigenvalue weighted by atomic mass is 32.1. The molecule has 1 heterocycles. The molecule has 1 aliphatic rings. The van der Waals surface area contributed by atoms with Crippen LogP contribution in [0.3, 0.4) is 0 Å². The van der Waals surface area contributed by atoms with Crippen molar-refractivity contribution in [2.24, 2.45) is 0 Å². The number of amides is 2. The van der Waals surface area contributed by atoms with Crippen LogP contribution in [0.2, 0.25) is 0 Å². The lowest BCUT2D eigenvalue weighted by molar-refractivity contribution is -0.122. The van der Waals surface area contributed by atoms with E-state index in [-0.39, 0.29) is 10.7 Å². The summed E-state index contributed by atoms with van der Waals surface area (Å²) in [4.78, 5) is 27.8. The quantitative estimate of drug-likeness (QED) is 0.283. The third kappa shape index (κ3) is 3.21. The SMILES string of the molecule is COc1ccc2ccccc2c1/C=C1\C(=O)NC(=S)N(c2cccc3ccccc23)C1=O. The Kier molecular flexibility index (Phi) is 4.92. The van der Waals surface area contributed by atoms with Gasteiger partial charge >= 0.3 is 0 Å². The lowest BCUT2D eigenvalue weighted by Gasteiger charge is -2.30. The highest BCUT2D eigenvalue weighted by molar-refractivity contribution is 7.80. The fraction of sp³-hybridized carbons (Fsp3) is 0.0385. The molecular weight excluding hydrogens is 420 g/mol. The van der Waals surface area contributed by atoms with Gasteiger partial charge in [0.1, 0.15) is 11.3 Å². The van der Waals surface area contributed by atoms with Gasteiger partial charge in [-0.05, 0) is 46.6 Å². The molecule has 5 nitrogen and oxygen atoms in total. The van der Waals surface area contributed by atoms with Crippen LogP contribution >= 0.6 is 12.2 Å². The number of benzene rings is 4. The zero-order chi connectivity index (χ0) is 22.2. The summed E-state index contributed by atoms with van der Waals surface area (Å²) >= 11 is 5.39. The van der Waals surface area contributed by atoms with Gasteiger partial charge in [-0.3, -0.25) is 19.8 Å². The highest BCUT2D eigenvalue weighted by Crippen LogP contribution is 2.33. The van der Waals surface area contributed by atoms with Crippen molar-refractivity contribution in [3.05, 3.63) is 90.0 Å². The van der Waals surface area contributed by atoms with Crippen molar-refractivity contribution in [1.82, 2.24) is 5.32 Å². The summed E-state index contributed by atoms with van der Waals surface area (Å²) in [5.74, 6) is -0.446. The number of carbonyl (C=O) groups is 2. The summed E-state index contributed by atoms with van der Waals surface area (Å²) in [5.41, 5.74) is 1.27. The zero-order valence-corrected chi connectivity index (χ0v) is 18.0. The van der Waals surface area contributed by atoms with E-state index in [4.69, 9.17) is 17.0 Å². The summed E-state index contributed by atoms with van der Waals surface area (Å²) in [6.45, 7) is 0. The number of anilines is 1. The van der Waals surface area contributed by atoms with Crippen molar-refractivity contribution in [1.29, 1.82) is 0 Å². The molecule has 0 aliphatic carbocycles. The molecule has 0 atom stereocenters. The van der Waals surface area contributed by atoms with Crippen molar-refractivity contribution >= 4 is 62.5 Å². The molecule has 0 aromatic heterocycles. The molecule has 4 aromatic rings. The van der Waals surface area contributed by atoms with Gasteiger partial charge in [-0.2, -0.15) is 0 Å². The molecule has 0 unspecified atom stereocenters. The van der Waals surface area contributed by atoms with Gasteiger partial charge in [0.25, 0.3) is 11.8 Å². The molecular formula is C26H18N2O3S. The number of rotatable bonds is 3. The summed E-state index contributed by atoms with van der Waals surface area (Å²) in [6, 6.07) is 24.9. The van der Waals surface area contributed by atoms with Crippen LogP contribution in [0, 0.1) is 0 Å². The van der Waals surface area contributed by atoms with E-state index in [9.17, 15) is 9.59 Å². The molecule has 4 aromatic carbocycles. The average Bonchev–Trinajstić information content (AvgIpc) is 2.81. The summed E-state index contributed by atoms with van der Waals surface area (Å²) in [5, 5.41) is 6.41. The molecule has 0 radical (unpaired) electrons. The first-order chi connectivity index (χ1) is 15.6. The molecule has 0 spiro atoms. The van der Waals surface area contributed by atoms with Gasteiger partial charge in [0.2, 0.25) is 0 Å². The lowest BCUT2D eigenvalue weighted by atomic mass is 9.99. The second kappa shape index (κ2) is 7.90. The molecule has 1 aliphatic heterocycles. The van der Waals surface area contributed by atoms with E-state index in [1.807, 2.05) is 78.9 Å². The third-order valence-corrected chi connectivity index (χ3v) is 5.83. The Morgan fingerprint density at radius 2 is 1.50 bits per heavy atom. The van der Waals surface area contributed by atoms with Crippen LogP contribution in [0.1, 0.15) is 5.56 Å². The predicted octanol–water partition coefficient (Wildman–Crippen LogP) is 4.83. The first-order valence-electron chi connectivity index (χ1n) is 10.0. The van der Waals surface area contributed by atoms with E-state index < -0.39 is 11.8 Å². The number of fused-ring (bicyclic) bond motifs is 2. The number of hydrogen-bond acceptors (Lipinski definition) is 4. The topological polar surface area (TPSA) is 58.6 Å². The molecule has 0 bridgehead atoms. The molecule has 2 amide bonds. The van der Waals surface area contributed by atoms with Crippen LogP contribution in [0.15, 0.2) is 84.4 Å². The molecule has 1 N–H and O–H groups in total. The highest BCUT2D eigenvalue weighted by Gasteiger charge is 2.35. The number of thiocarbonyl (C=S) groups is 1. The number of carbonyl (C=O) groups excluding carboxylic acids is 2. The Hall–Kier alpha value is -4.03. The lowest BCUT2D eigenvalue weighted by Crippen LogP contribution is -2.54. The van der Waals surface area contributed by atoms with Crippen LogP contribution in [0.25, 0.3) is 27.6 Å². The monoisotopic (exact) mass is 438 g/mol. The molecule has 156 valence electrons. The normalized spacial score (nSPS) is 15.5. The second-order valence-corrected chi connectivity index (χ2v) is 7.75. The minimum Gasteiger partial charge on any atom is -0.496 e. The molecule has 1 saturated heterocycles. The summed E-state index contributed by atoms with van der Waals surface area (Å²) in [6.07, 6.45) is 1.58. The largest absolute Gasteiger partial charge is 0.496 e. The van der Waals surface area contributed by atoms with Gasteiger partial charge in [-0.25, -0.2) is 0 Å². The van der Waals surface area contributed by atoms with Gasteiger partial charge in [-0.15, -0.1) is 0 Å². The van der Waals surface area contributed by atoms with Gasteiger partial charge in [0, 0.05) is 10.9 Å². The maximum atomic E-state index is 13.6. The fourth-order valence-corrected chi connectivity index (χ4v) is 4.30. The molecule has 5 rings (SSSR count). The van der Waals surface area contributed by atoms with Crippen LogP contribution in [-0.4, -0.2) is 24.0 Å². The first kappa shape index (κ1) is 19.9. The Bertz CT molecular complexity index is 1450. The zero-order valence-electron chi connectivity index (χ0n) is 17.2. The van der Waals surface area contributed by atoms with Crippen molar-refractivity contribution in [2.75, 3.05) is 12.0 Å². The number of ether oxygens (including phenoxy) is 1.